The van der Waals surface area contributed by atoms with Gasteiger partial charge in [-0.05, 0) is 49.4 Å². The number of carbonyl (C=O) groups excluding carboxylic acids is 3. The highest BCUT2D eigenvalue weighted by Crippen LogP contribution is 2.21. The summed E-state index contributed by atoms with van der Waals surface area (Å²) in [7, 11) is -4.16. The summed E-state index contributed by atoms with van der Waals surface area (Å²) in [5.41, 5.74) is 1.02. The van der Waals surface area contributed by atoms with Gasteiger partial charge in [0, 0.05) is 30.7 Å². The number of fused-ring (bicyclic) bond motifs is 1. The van der Waals surface area contributed by atoms with E-state index in [2.05, 4.69) is 20.6 Å². The summed E-state index contributed by atoms with van der Waals surface area (Å²) in [4.78, 5) is 47.8. The van der Waals surface area contributed by atoms with Gasteiger partial charge in [0.15, 0.2) is 17.0 Å². The van der Waals surface area contributed by atoms with E-state index in [0.717, 1.165) is 15.2 Å². The van der Waals surface area contributed by atoms with Crippen molar-refractivity contribution in [2.45, 2.75) is 56.8 Å². The maximum Gasteiger partial charge on any atom is 0.262 e. The first kappa shape index (κ1) is 27.3. The molecule has 2 atom stereocenters. The van der Waals surface area contributed by atoms with E-state index in [-0.39, 0.29) is 35.9 Å². The van der Waals surface area contributed by atoms with Crippen LogP contribution in [0.5, 0.6) is 0 Å². The number of para-hydroxylation sites is 1. The summed E-state index contributed by atoms with van der Waals surface area (Å²) in [6, 6.07) is 12.6. The summed E-state index contributed by atoms with van der Waals surface area (Å²) in [6.45, 7) is 3.86. The molecule has 11 heteroatoms. The molecule has 2 aromatic heterocycles. The lowest BCUT2D eigenvalue weighted by molar-refractivity contribution is -0.131. The number of ketones is 1. The molecule has 1 aliphatic rings. The third-order valence-electron chi connectivity index (χ3n) is 6.32. The topological polar surface area (TPSA) is 138 Å². The molecule has 1 aliphatic heterocycles. The summed E-state index contributed by atoms with van der Waals surface area (Å²) >= 11 is 0. The number of hydrogen-bond acceptors (Lipinski definition) is 7. The van der Waals surface area contributed by atoms with Crippen LogP contribution in [0, 0.1) is 5.92 Å². The highest BCUT2D eigenvalue weighted by molar-refractivity contribution is 7.89. The van der Waals surface area contributed by atoms with E-state index in [1.165, 1.54) is 18.5 Å². The Morgan fingerprint density at radius 1 is 1.08 bits per heavy atom. The van der Waals surface area contributed by atoms with Gasteiger partial charge >= 0.3 is 0 Å². The maximum absolute atomic E-state index is 13.5. The minimum absolute atomic E-state index is 0.0268. The number of benzene rings is 1. The van der Waals surface area contributed by atoms with Crippen molar-refractivity contribution >= 4 is 38.5 Å². The van der Waals surface area contributed by atoms with E-state index < -0.39 is 39.8 Å². The molecule has 0 aliphatic carbocycles. The Hall–Kier alpha value is -3.70. The molecule has 4 rings (SSSR count). The number of amides is 2. The molecule has 1 aromatic carbocycles. The average molecular weight is 538 g/mol. The highest BCUT2D eigenvalue weighted by Gasteiger charge is 2.39. The Labute approximate surface area is 221 Å². The van der Waals surface area contributed by atoms with E-state index in [1.54, 1.807) is 18.2 Å². The number of rotatable bonds is 8. The lowest BCUT2D eigenvalue weighted by atomic mass is 10.0. The van der Waals surface area contributed by atoms with Gasteiger partial charge in [-0.3, -0.25) is 19.4 Å². The fourth-order valence-corrected chi connectivity index (χ4v) is 5.90. The summed E-state index contributed by atoms with van der Waals surface area (Å²) in [5.74, 6) is -1.51. The Bertz CT molecular complexity index is 1430. The summed E-state index contributed by atoms with van der Waals surface area (Å²) < 4.78 is 27.8. The van der Waals surface area contributed by atoms with E-state index in [1.807, 2.05) is 38.1 Å². The first-order valence-electron chi connectivity index (χ1n) is 12.6. The molecule has 38 heavy (non-hydrogen) atoms. The van der Waals surface area contributed by atoms with E-state index >= 15 is 0 Å². The number of nitrogens with one attached hydrogen (secondary N) is 2. The monoisotopic (exact) mass is 537 g/mol. The van der Waals surface area contributed by atoms with Crippen molar-refractivity contribution in [3.63, 3.8) is 0 Å². The van der Waals surface area contributed by atoms with E-state index in [0.29, 0.717) is 12.8 Å². The Morgan fingerprint density at radius 2 is 1.84 bits per heavy atom. The lowest BCUT2D eigenvalue weighted by Crippen LogP contribution is -2.58. The van der Waals surface area contributed by atoms with Gasteiger partial charge < -0.3 is 10.6 Å². The second-order valence-electron chi connectivity index (χ2n) is 9.69. The molecule has 1 fully saturated rings. The number of Topliss-reactive ketones (excluding diaryl/α,β-unsaturated/α-hetero) is 1. The van der Waals surface area contributed by atoms with Gasteiger partial charge in [0.05, 0.1) is 11.1 Å². The van der Waals surface area contributed by atoms with Crippen LogP contribution in [-0.4, -0.2) is 59.0 Å². The number of pyridine rings is 2. The quantitative estimate of drug-likeness (QED) is 0.450. The smallest absolute Gasteiger partial charge is 0.262 e. The molecule has 3 aromatic rings. The number of sulfonamides is 1. The van der Waals surface area contributed by atoms with Gasteiger partial charge in [-0.25, -0.2) is 13.4 Å². The fourth-order valence-electron chi connectivity index (χ4n) is 4.40. The first-order chi connectivity index (χ1) is 18.2. The van der Waals surface area contributed by atoms with Crippen molar-refractivity contribution in [3.05, 3.63) is 66.5 Å². The number of hydrogen-bond donors (Lipinski definition) is 2. The summed E-state index contributed by atoms with van der Waals surface area (Å²) in [6.07, 6.45) is 2.78. The zero-order chi connectivity index (χ0) is 27.3. The van der Waals surface area contributed by atoms with Crippen LogP contribution in [0.3, 0.4) is 0 Å². The molecule has 0 saturated carbocycles. The molecule has 3 heterocycles. The molecule has 0 radical (unpaired) electrons. The van der Waals surface area contributed by atoms with Crippen LogP contribution in [0.1, 0.15) is 49.9 Å². The fraction of sp³-hybridized carbons (Fsp3) is 0.370. The van der Waals surface area contributed by atoms with Crippen molar-refractivity contribution in [2.75, 3.05) is 6.54 Å². The molecule has 1 unspecified atom stereocenters. The minimum atomic E-state index is -4.16. The molecule has 0 bridgehead atoms. The van der Waals surface area contributed by atoms with E-state index in [4.69, 9.17) is 0 Å². The molecule has 200 valence electrons. The SMILES string of the molecule is CC(C)CC(NC(=O)c1cnc2ccccc2c1)C(=O)N[C@@H]1C(=O)CCCCN1S(=O)(=O)c1ccccn1. The largest absolute Gasteiger partial charge is 0.340 e. The zero-order valence-electron chi connectivity index (χ0n) is 21.3. The van der Waals surface area contributed by atoms with Crippen molar-refractivity contribution in [3.8, 4) is 0 Å². The number of nitrogens with zero attached hydrogens (tertiary/aromatic N) is 3. The number of aromatic nitrogens is 2. The van der Waals surface area contributed by atoms with Crippen LogP contribution in [-0.2, 0) is 19.6 Å². The van der Waals surface area contributed by atoms with Gasteiger partial charge in [0.25, 0.3) is 15.9 Å². The van der Waals surface area contributed by atoms with Crippen LogP contribution in [0.2, 0.25) is 0 Å². The minimum Gasteiger partial charge on any atom is -0.340 e. The van der Waals surface area contributed by atoms with Gasteiger partial charge in [0.1, 0.15) is 6.04 Å². The maximum atomic E-state index is 13.5. The van der Waals surface area contributed by atoms with Crippen LogP contribution >= 0.6 is 0 Å². The third-order valence-corrected chi connectivity index (χ3v) is 8.10. The zero-order valence-corrected chi connectivity index (χ0v) is 22.1. The lowest BCUT2D eigenvalue weighted by Gasteiger charge is -2.30. The van der Waals surface area contributed by atoms with E-state index in [9.17, 15) is 22.8 Å². The van der Waals surface area contributed by atoms with Gasteiger partial charge in [-0.1, -0.05) is 38.1 Å². The molecule has 10 nitrogen and oxygen atoms in total. The van der Waals surface area contributed by atoms with Crippen LogP contribution in [0.25, 0.3) is 10.9 Å². The third kappa shape index (κ3) is 6.22. The average Bonchev–Trinajstić information content (AvgIpc) is 3.09. The predicted molar refractivity (Wildman–Crippen MR) is 141 cm³/mol. The van der Waals surface area contributed by atoms with Crippen LogP contribution < -0.4 is 10.6 Å². The predicted octanol–water partition coefficient (Wildman–Crippen LogP) is 2.66. The molecule has 0 spiro atoms. The Morgan fingerprint density at radius 3 is 2.58 bits per heavy atom. The molecular formula is C27H31N5O5S. The van der Waals surface area contributed by atoms with Crippen LogP contribution in [0.4, 0.5) is 0 Å². The molecular weight excluding hydrogens is 506 g/mol. The second-order valence-corrected chi connectivity index (χ2v) is 11.5. The molecule has 2 N–H and O–H groups in total. The Kier molecular flexibility index (Phi) is 8.48. The van der Waals surface area contributed by atoms with Crippen molar-refractivity contribution in [1.82, 2.24) is 24.9 Å². The van der Waals surface area contributed by atoms with Gasteiger partial charge in [0.2, 0.25) is 5.91 Å². The van der Waals surface area contributed by atoms with Crippen molar-refractivity contribution in [1.29, 1.82) is 0 Å². The molecule has 2 amide bonds. The number of carbonyl (C=O) groups is 3. The van der Waals surface area contributed by atoms with Crippen molar-refractivity contribution < 1.29 is 22.8 Å². The standard InChI is InChI=1S/C27H31N5O5S/c1-18(2)15-22(30-26(34)20-16-19-9-3-4-10-21(19)29-17-20)27(35)31-25-23(33)11-6-8-14-32(25)38(36,37)24-12-5-7-13-28-24/h3-5,7,9-10,12-13,16-18,22,25H,6,8,11,14-15H2,1-2H3,(H,30,34)(H,31,35)/t22?,25-/m0/s1. The Balaban J connectivity index is 1.58. The van der Waals surface area contributed by atoms with Gasteiger partial charge in [-0.2, -0.15) is 4.31 Å². The van der Waals surface area contributed by atoms with Crippen LogP contribution in [0.15, 0.2) is 66.0 Å². The summed E-state index contributed by atoms with van der Waals surface area (Å²) in [5, 5.41) is 5.96. The molecule has 1 saturated heterocycles. The van der Waals surface area contributed by atoms with Gasteiger partial charge in [-0.15, -0.1) is 0 Å². The second kappa shape index (κ2) is 11.8. The normalized spacial score (nSPS) is 17.7. The highest BCUT2D eigenvalue weighted by atomic mass is 32.2. The first-order valence-corrected chi connectivity index (χ1v) is 14.0. The van der Waals surface area contributed by atoms with Crippen molar-refractivity contribution in [2.24, 2.45) is 5.92 Å².